The lowest BCUT2D eigenvalue weighted by Crippen LogP contribution is -2.08. The van der Waals surface area contributed by atoms with E-state index < -0.39 is 0 Å². The molecule has 0 spiro atoms. The van der Waals surface area contributed by atoms with Gasteiger partial charge in [0.15, 0.2) is 6.29 Å². The molecule has 0 heterocycles. The summed E-state index contributed by atoms with van der Waals surface area (Å²) in [5, 5.41) is 11.6. The van der Waals surface area contributed by atoms with Crippen molar-refractivity contribution >= 4 is 12.0 Å². The Labute approximate surface area is 82.7 Å². The molecule has 1 aromatic rings. The first-order chi connectivity index (χ1) is 6.83. The summed E-state index contributed by atoms with van der Waals surface area (Å²) in [4.78, 5) is 10.6. The highest BCUT2D eigenvalue weighted by Crippen LogP contribution is 2.13. The van der Waals surface area contributed by atoms with Crippen LogP contribution in [0, 0.1) is 11.3 Å². The topological polar surface area (TPSA) is 52.9 Å². The number of rotatable bonds is 3. The first-order valence-corrected chi connectivity index (χ1v) is 4.16. The van der Waals surface area contributed by atoms with Gasteiger partial charge in [-0.15, -0.1) is 0 Å². The quantitative estimate of drug-likeness (QED) is 0.440. The van der Waals surface area contributed by atoms with Crippen LogP contribution in [0.4, 0.5) is 0 Å². The van der Waals surface area contributed by atoms with Crippen LogP contribution in [-0.4, -0.2) is 13.3 Å². The third-order valence-electron chi connectivity index (χ3n) is 1.82. The third kappa shape index (κ3) is 1.99. The van der Waals surface area contributed by atoms with Crippen LogP contribution in [0.1, 0.15) is 5.56 Å². The van der Waals surface area contributed by atoms with Crippen LogP contribution >= 0.6 is 0 Å². The Bertz CT molecular complexity index is 387. The summed E-state index contributed by atoms with van der Waals surface area (Å²) in [5.41, 5.74) is 1.50. The molecule has 0 saturated carbocycles. The molecular formula is C11H10N2O. The first-order valence-electron chi connectivity index (χ1n) is 4.16. The Morgan fingerprint density at radius 3 is 2.50 bits per heavy atom. The maximum atomic E-state index is 10.6. The van der Waals surface area contributed by atoms with Crippen LogP contribution in [0.15, 0.2) is 35.9 Å². The predicted octanol–water partition coefficient (Wildman–Crippen LogP) is 1.34. The van der Waals surface area contributed by atoms with Gasteiger partial charge in [0, 0.05) is 7.05 Å². The number of nitrogens with one attached hydrogen (secondary N) is 1. The van der Waals surface area contributed by atoms with Crippen molar-refractivity contribution in [3.63, 3.8) is 0 Å². The highest BCUT2D eigenvalue weighted by molar-refractivity contribution is 5.91. The van der Waals surface area contributed by atoms with Gasteiger partial charge in [-0.3, -0.25) is 4.79 Å². The van der Waals surface area contributed by atoms with Crippen molar-refractivity contribution in [2.45, 2.75) is 0 Å². The summed E-state index contributed by atoms with van der Waals surface area (Å²) in [6.45, 7) is 0. The van der Waals surface area contributed by atoms with E-state index in [2.05, 4.69) is 5.32 Å². The fourth-order valence-electron chi connectivity index (χ4n) is 1.18. The highest BCUT2D eigenvalue weighted by atomic mass is 16.1. The van der Waals surface area contributed by atoms with Crippen molar-refractivity contribution in [2.75, 3.05) is 7.05 Å². The number of carbonyl (C=O) groups is 1. The lowest BCUT2D eigenvalue weighted by atomic mass is 10.1. The molecule has 0 unspecified atom stereocenters. The molecule has 14 heavy (non-hydrogen) atoms. The molecule has 0 bridgehead atoms. The number of aldehydes is 1. The lowest BCUT2D eigenvalue weighted by molar-refractivity contribution is -0.104. The Morgan fingerprint density at radius 1 is 1.43 bits per heavy atom. The van der Waals surface area contributed by atoms with Crippen LogP contribution in [0.25, 0.3) is 5.70 Å². The number of hydrogen-bond acceptors (Lipinski definition) is 3. The van der Waals surface area contributed by atoms with Crippen LogP contribution < -0.4 is 5.32 Å². The van der Waals surface area contributed by atoms with Crippen molar-refractivity contribution in [1.82, 2.24) is 5.32 Å². The maximum absolute atomic E-state index is 10.6. The fraction of sp³-hybridized carbons (Fsp3) is 0.0909. The van der Waals surface area contributed by atoms with E-state index in [0.29, 0.717) is 12.0 Å². The van der Waals surface area contributed by atoms with Gasteiger partial charge in [0.2, 0.25) is 0 Å². The highest BCUT2D eigenvalue weighted by Gasteiger charge is 2.05. The predicted molar refractivity (Wildman–Crippen MR) is 54.1 cm³/mol. The minimum absolute atomic E-state index is 0.110. The molecule has 0 amide bonds. The zero-order valence-electron chi connectivity index (χ0n) is 7.82. The SMILES string of the molecule is CN/C(=C(\C#N)C=O)c1ccccc1. The monoisotopic (exact) mass is 186 g/mol. The van der Waals surface area contributed by atoms with E-state index in [4.69, 9.17) is 5.26 Å². The molecule has 3 nitrogen and oxygen atoms in total. The molecule has 0 radical (unpaired) electrons. The molecule has 1 aromatic carbocycles. The van der Waals surface area contributed by atoms with Crippen molar-refractivity contribution in [3.05, 3.63) is 41.5 Å². The molecule has 0 aliphatic heterocycles. The van der Waals surface area contributed by atoms with E-state index in [-0.39, 0.29) is 5.57 Å². The van der Waals surface area contributed by atoms with Crippen molar-refractivity contribution in [2.24, 2.45) is 0 Å². The van der Waals surface area contributed by atoms with Gasteiger partial charge < -0.3 is 5.32 Å². The van der Waals surface area contributed by atoms with Crippen molar-refractivity contribution in [1.29, 1.82) is 5.26 Å². The van der Waals surface area contributed by atoms with Gasteiger partial charge in [-0.25, -0.2) is 0 Å². The lowest BCUT2D eigenvalue weighted by Gasteiger charge is -2.06. The second-order valence-corrected chi connectivity index (χ2v) is 2.63. The van der Waals surface area contributed by atoms with Crippen LogP contribution in [0.5, 0.6) is 0 Å². The van der Waals surface area contributed by atoms with Gasteiger partial charge in [-0.1, -0.05) is 30.3 Å². The van der Waals surface area contributed by atoms with Crippen LogP contribution in [0.3, 0.4) is 0 Å². The van der Waals surface area contributed by atoms with E-state index in [1.165, 1.54) is 0 Å². The van der Waals surface area contributed by atoms with Gasteiger partial charge >= 0.3 is 0 Å². The summed E-state index contributed by atoms with van der Waals surface area (Å²) >= 11 is 0. The molecule has 0 atom stereocenters. The fourth-order valence-corrected chi connectivity index (χ4v) is 1.18. The first kappa shape index (κ1) is 10.0. The Kier molecular flexibility index (Phi) is 3.45. The third-order valence-corrected chi connectivity index (χ3v) is 1.82. The average molecular weight is 186 g/mol. The number of nitrogens with zero attached hydrogens (tertiary/aromatic N) is 1. The van der Waals surface area contributed by atoms with E-state index in [9.17, 15) is 4.79 Å². The summed E-state index contributed by atoms with van der Waals surface area (Å²) in [6, 6.07) is 11.1. The minimum Gasteiger partial charge on any atom is -0.386 e. The zero-order valence-corrected chi connectivity index (χ0v) is 7.82. The second-order valence-electron chi connectivity index (χ2n) is 2.63. The minimum atomic E-state index is 0.110. The molecule has 0 saturated heterocycles. The number of hydrogen-bond donors (Lipinski definition) is 1. The number of benzene rings is 1. The summed E-state index contributed by atoms with van der Waals surface area (Å²) in [6.07, 6.45) is 0.554. The summed E-state index contributed by atoms with van der Waals surface area (Å²) in [7, 11) is 1.68. The van der Waals surface area contributed by atoms with E-state index in [1.807, 2.05) is 36.4 Å². The van der Waals surface area contributed by atoms with Gasteiger partial charge in [-0.2, -0.15) is 5.26 Å². The van der Waals surface area contributed by atoms with Gasteiger partial charge in [-0.05, 0) is 5.56 Å². The average Bonchev–Trinajstić information content (AvgIpc) is 2.27. The number of allylic oxidation sites excluding steroid dienone is 1. The largest absolute Gasteiger partial charge is 0.386 e. The van der Waals surface area contributed by atoms with Crippen LogP contribution in [-0.2, 0) is 4.79 Å². The number of nitriles is 1. The van der Waals surface area contributed by atoms with Gasteiger partial charge in [0.05, 0.1) is 5.70 Å². The Hall–Kier alpha value is -2.08. The second kappa shape index (κ2) is 4.83. The Morgan fingerprint density at radius 2 is 2.07 bits per heavy atom. The summed E-state index contributed by atoms with van der Waals surface area (Å²) in [5.74, 6) is 0. The molecule has 0 aromatic heterocycles. The molecule has 0 aliphatic rings. The van der Waals surface area contributed by atoms with E-state index in [1.54, 1.807) is 7.05 Å². The molecule has 1 N–H and O–H groups in total. The molecular weight excluding hydrogens is 176 g/mol. The molecule has 3 heteroatoms. The normalized spacial score (nSPS) is 11.1. The van der Waals surface area contributed by atoms with Gasteiger partial charge in [0.1, 0.15) is 11.6 Å². The summed E-state index contributed by atoms with van der Waals surface area (Å²) < 4.78 is 0. The molecule has 1 rings (SSSR count). The standard InChI is InChI=1S/C11H10N2O/c1-13-11(10(7-12)8-14)9-5-3-2-4-6-9/h2-6,8,13H,1H3/b11-10+. The smallest absolute Gasteiger partial charge is 0.162 e. The van der Waals surface area contributed by atoms with E-state index in [0.717, 1.165) is 5.56 Å². The van der Waals surface area contributed by atoms with Crippen molar-refractivity contribution in [3.8, 4) is 6.07 Å². The molecule has 0 aliphatic carbocycles. The van der Waals surface area contributed by atoms with E-state index >= 15 is 0 Å². The maximum Gasteiger partial charge on any atom is 0.162 e. The molecule has 0 fully saturated rings. The van der Waals surface area contributed by atoms with Crippen LogP contribution in [0.2, 0.25) is 0 Å². The number of carbonyl (C=O) groups excluding carboxylic acids is 1. The zero-order chi connectivity index (χ0) is 10.4. The Balaban J connectivity index is 3.24. The van der Waals surface area contributed by atoms with Gasteiger partial charge in [0.25, 0.3) is 0 Å². The van der Waals surface area contributed by atoms with Crippen molar-refractivity contribution < 1.29 is 4.79 Å². The molecule has 70 valence electrons.